The lowest BCUT2D eigenvalue weighted by molar-refractivity contribution is 0.0781. The number of ketones is 1. The van der Waals surface area contributed by atoms with E-state index in [0.717, 1.165) is 6.07 Å². The number of nitrogens with zero attached hydrogens (tertiary/aromatic N) is 3. The SMILES string of the molecule is N#Cc1ccc(C(=O)Cc2ccc(F)c([C@]3(CF)C[C@@H](CF)OC(N)=N3)c2)nc1. The van der Waals surface area contributed by atoms with Crippen molar-refractivity contribution in [2.24, 2.45) is 10.7 Å². The molecule has 3 rings (SSSR count). The van der Waals surface area contributed by atoms with E-state index in [1.54, 1.807) is 0 Å². The molecule has 2 N–H and O–H groups in total. The van der Waals surface area contributed by atoms with E-state index >= 15 is 0 Å². The molecule has 1 aliphatic rings. The molecule has 29 heavy (non-hydrogen) atoms. The van der Waals surface area contributed by atoms with Gasteiger partial charge in [0.25, 0.3) is 6.02 Å². The molecule has 1 aromatic carbocycles. The van der Waals surface area contributed by atoms with Crippen molar-refractivity contribution in [3.63, 3.8) is 0 Å². The lowest BCUT2D eigenvalue weighted by atomic mass is 9.84. The van der Waals surface area contributed by atoms with Crippen LogP contribution in [0.15, 0.2) is 41.5 Å². The van der Waals surface area contributed by atoms with Crippen molar-refractivity contribution in [2.75, 3.05) is 13.3 Å². The van der Waals surface area contributed by atoms with Crippen LogP contribution in [0.2, 0.25) is 0 Å². The molecule has 9 heteroatoms. The van der Waals surface area contributed by atoms with E-state index in [0.29, 0.717) is 11.1 Å². The summed E-state index contributed by atoms with van der Waals surface area (Å²) < 4.78 is 46.7. The van der Waals surface area contributed by atoms with E-state index in [1.807, 2.05) is 6.07 Å². The average molecular weight is 402 g/mol. The van der Waals surface area contributed by atoms with Crippen molar-refractivity contribution < 1.29 is 22.7 Å². The average Bonchev–Trinajstić information content (AvgIpc) is 2.74. The highest BCUT2D eigenvalue weighted by Gasteiger charge is 2.42. The maximum absolute atomic E-state index is 14.5. The first-order valence-electron chi connectivity index (χ1n) is 8.73. The Labute approximate surface area is 164 Å². The van der Waals surface area contributed by atoms with Gasteiger partial charge in [0.1, 0.15) is 42.6 Å². The quantitative estimate of drug-likeness (QED) is 0.749. The number of aromatic nitrogens is 1. The minimum Gasteiger partial charge on any atom is -0.459 e. The molecule has 0 bridgehead atoms. The Balaban J connectivity index is 1.92. The highest BCUT2D eigenvalue weighted by molar-refractivity contribution is 5.95. The molecule has 0 spiro atoms. The summed E-state index contributed by atoms with van der Waals surface area (Å²) >= 11 is 0. The summed E-state index contributed by atoms with van der Waals surface area (Å²) in [6.45, 7) is -2.04. The fraction of sp³-hybridized carbons (Fsp3) is 0.300. The number of hydrogen-bond acceptors (Lipinski definition) is 6. The highest BCUT2D eigenvalue weighted by atomic mass is 19.1. The Morgan fingerprint density at radius 3 is 2.76 bits per heavy atom. The van der Waals surface area contributed by atoms with Crippen molar-refractivity contribution in [2.45, 2.75) is 24.5 Å². The smallest absolute Gasteiger partial charge is 0.283 e. The molecule has 0 fully saturated rings. The van der Waals surface area contributed by atoms with Crippen LogP contribution >= 0.6 is 0 Å². The third-order valence-corrected chi connectivity index (χ3v) is 4.65. The van der Waals surface area contributed by atoms with Crippen molar-refractivity contribution in [1.29, 1.82) is 5.26 Å². The molecule has 1 aliphatic heterocycles. The molecule has 0 aliphatic carbocycles. The number of aliphatic imine (C=N–C) groups is 1. The van der Waals surface area contributed by atoms with E-state index in [9.17, 15) is 18.0 Å². The number of hydrogen-bond donors (Lipinski definition) is 1. The van der Waals surface area contributed by atoms with Gasteiger partial charge >= 0.3 is 0 Å². The van der Waals surface area contributed by atoms with Gasteiger partial charge < -0.3 is 10.5 Å². The van der Waals surface area contributed by atoms with Crippen LogP contribution in [-0.4, -0.2) is 36.2 Å². The van der Waals surface area contributed by atoms with E-state index in [-0.39, 0.29) is 29.9 Å². The van der Waals surface area contributed by atoms with E-state index in [2.05, 4.69) is 9.98 Å². The number of halogens is 3. The Morgan fingerprint density at radius 1 is 1.34 bits per heavy atom. The van der Waals surface area contributed by atoms with Gasteiger partial charge in [-0.3, -0.25) is 9.78 Å². The second kappa shape index (κ2) is 8.31. The fourth-order valence-electron chi connectivity index (χ4n) is 3.22. The first-order valence-corrected chi connectivity index (χ1v) is 8.73. The number of amidine groups is 1. The standard InChI is InChI=1S/C20H17F3N4O2/c21-8-14-7-20(11-22,27-19(25)29-14)15-5-12(1-3-16(15)23)6-18(28)17-4-2-13(9-24)10-26-17/h1-5,10,14H,6-8,11H2,(H2,25,27)/t14-,20+/m0/s1. The molecule has 150 valence electrons. The number of pyridine rings is 1. The molecular weight excluding hydrogens is 385 g/mol. The summed E-state index contributed by atoms with van der Waals surface area (Å²) in [5.74, 6) is -1.11. The Kier molecular flexibility index (Phi) is 5.82. The van der Waals surface area contributed by atoms with Gasteiger partial charge in [-0.1, -0.05) is 6.07 Å². The van der Waals surface area contributed by atoms with Crippen molar-refractivity contribution in [3.05, 3.63) is 64.7 Å². The number of carbonyl (C=O) groups excluding carboxylic acids is 1. The number of alkyl halides is 2. The van der Waals surface area contributed by atoms with Crippen molar-refractivity contribution in [1.82, 2.24) is 4.98 Å². The topological polar surface area (TPSA) is 101 Å². The molecule has 0 amide bonds. The lowest BCUT2D eigenvalue weighted by Gasteiger charge is -2.35. The van der Waals surface area contributed by atoms with E-state index < -0.39 is 36.8 Å². The number of nitriles is 1. The number of ether oxygens (including phenoxy) is 1. The predicted molar refractivity (Wildman–Crippen MR) is 98.1 cm³/mol. The summed E-state index contributed by atoms with van der Waals surface area (Å²) in [4.78, 5) is 20.3. The second-order valence-corrected chi connectivity index (χ2v) is 6.67. The van der Waals surface area contributed by atoms with Crippen LogP contribution in [0.1, 0.15) is 33.6 Å². The first kappa shape index (κ1) is 20.3. The first-order chi connectivity index (χ1) is 13.9. The van der Waals surface area contributed by atoms with Gasteiger partial charge in [0.05, 0.1) is 5.56 Å². The van der Waals surface area contributed by atoms with Gasteiger partial charge in [-0.2, -0.15) is 5.26 Å². The molecule has 0 saturated carbocycles. The highest BCUT2D eigenvalue weighted by Crippen LogP contribution is 2.37. The molecular formula is C20H17F3N4O2. The summed E-state index contributed by atoms with van der Waals surface area (Å²) in [6.07, 6.45) is -0.128. The minimum absolute atomic E-state index is 0.122. The fourth-order valence-corrected chi connectivity index (χ4v) is 3.22. The van der Waals surface area contributed by atoms with Gasteiger partial charge in [-0.15, -0.1) is 0 Å². The normalized spacial score (nSPS) is 21.0. The van der Waals surface area contributed by atoms with Gasteiger partial charge in [0, 0.05) is 24.6 Å². The summed E-state index contributed by atoms with van der Waals surface area (Å²) in [7, 11) is 0. The zero-order valence-corrected chi connectivity index (χ0v) is 15.2. The maximum atomic E-state index is 14.5. The molecule has 2 atom stereocenters. The zero-order chi connectivity index (χ0) is 21.0. The van der Waals surface area contributed by atoms with Gasteiger partial charge in [0.15, 0.2) is 5.78 Å². The monoisotopic (exact) mass is 402 g/mol. The van der Waals surface area contributed by atoms with E-state index in [1.165, 1.54) is 30.5 Å². The van der Waals surface area contributed by atoms with Gasteiger partial charge in [0.2, 0.25) is 0 Å². The third kappa shape index (κ3) is 4.21. The van der Waals surface area contributed by atoms with Gasteiger partial charge in [-0.05, 0) is 29.8 Å². The third-order valence-electron chi connectivity index (χ3n) is 4.65. The zero-order valence-electron chi connectivity index (χ0n) is 15.2. The lowest BCUT2D eigenvalue weighted by Crippen LogP contribution is -2.43. The Bertz CT molecular complexity index is 988. The van der Waals surface area contributed by atoms with Crippen molar-refractivity contribution in [3.8, 4) is 6.07 Å². The second-order valence-electron chi connectivity index (χ2n) is 6.67. The van der Waals surface area contributed by atoms with Crippen LogP contribution in [0.4, 0.5) is 13.2 Å². The molecule has 1 aromatic heterocycles. The summed E-state index contributed by atoms with van der Waals surface area (Å²) in [5.41, 5.74) is 4.55. The van der Waals surface area contributed by atoms with Crippen LogP contribution in [-0.2, 0) is 16.7 Å². The number of nitrogens with two attached hydrogens (primary N) is 1. The number of carbonyl (C=O) groups is 1. The molecule has 0 saturated heterocycles. The minimum atomic E-state index is -1.73. The molecule has 2 heterocycles. The predicted octanol–water partition coefficient (Wildman–Crippen LogP) is 2.76. The van der Waals surface area contributed by atoms with Crippen LogP contribution in [0, 0.1) is 17.1 Å². The molecule has 6 nitrogen and oxygen atoms in total. The Hall–Kier alpha value is -3.41. The van der Waals surface area contributed by atoms with E-state index in [4.69, 9.17) is 15.7 Å². The van der Waals surface area contributed by atoms with Crippen molar-refractivity contribution >= 4 is 11.8 Å². The number of rotatable bonds is 6. The summed E-state index contributed by atoms with van der Waals surface area (Å²) in [6, 6.07) is 8.20. The molecule has 2 aromatic rings. The number of benzene rings is 1. The summed E-state index contributed by atoms with van der Waals surface area (Å²) in [5, 5.41) is 8.79. The van der Waals surface area contributed by atoms with Crippen LogP contribution in [0.5, 0.6) is 0 Å². The van der Waals surface area contributed by atoms with Crippen LogP contribution in [0.25, 0.3) is 0 Å². The molecule has 0 unspecified atom stereocenters. The molecule has 0 radical (unpaired) electrons. The maximum Gasteiger partial charge on any atom is 0.283 e. The number of Topliss-reactive ketones (excluding diaryl/α,β-unsaturated/α-hetero) is 1. The largest absolute Gasteiger partial charge is 0.459 e. The van der Waals surface area contributed by atoms with Gasteiger partial charge in [-0.25, -0.2) is 18.2 Å². The Morgan fingerprint density at radius 2 is 2.14 bits per heavy atom. The van der Waals surface area contributed by atoms with Crippen LogP contribution < -0.4 is 5.73 Å². The van der Waals surface area contributed by atoms with Crippen LogP contribution in [0.3, 0.4) is 0 Å².